The molecule has 0 spiro atoms. The third-order valence-corrected chi connectivity index (χ3v) is 4.49. The lowest BCUT2D eigenvalue weighted by atomic mass is 9.99. The average molecular weight is 322 g/mol. The molecular formula is C19H18N2O3. The molecule has 1 fully saturated rings. The number of carbonyl (C=O) groups is 2. The quantitative estimate of drug-likeness (QED) is 0.797. The van der Waals surface area contributed by atoms with E-state index in [2.05, 4.69) is 6.07 Å². The van der Waals surface area contributed by atoms with Crippen LogP contribution in [0.5, 0.6) is 0 Å². The molecule has 0 aliphatic carbocycles. The predicted octanol–water partition coefficient (Wildman–Crippen LogP) is 2.51. The van der Waals surface area contributed by atoms with Gasteiger partial charge in [0.1, 0.15) is 0 Å². The maximum absolute atomic E-state index is 12.8. The first kappa shape index (κ1) is 15.1. The number of imide groups is 1. The molecule has 0 aromatic heterocycles. The zero-order valence-corrected chi connectivity index (χ0v) is 13.5. The first-order chi connectivity index (χ1) is 11.6. The van der Waals surface area contributed by atoms with Gasteiger partial charge in [-0.25, -0.2) is 10.0 Å². The molecular weight excluding hydrogens is 304 g/mol. The second-order valence-electron chi connectivity index (χ2n) is 6.12. The fourth-order valence-electron chi connectivity index (χ4n) is 3.24. The molecule has 24 heavy (non-hydrogen) atoms. The fraction of sp³-hybridized carbons (Fsp3) is 0.263. The van der Waals surface area contributed by atoms with Crippen molar-refractivity contribution in [2.45, 2.75) is 6.92 Å². The van der Waals surface area contributed by atoms with Gasteiger partial charge in [0, 0.05) is 13.1 Å². The summed E-state index contributed by atoms with van der Waals surface area (Å²) in [6.45, 7) is 4.20. The molecule has 5 nitrogen and oxygen atoms in total. The Morgan fingerprint density at radius 2 is 1.58 bits per heavy atom. The average Bonchev–Trinajstić information content (AvgIpc) is 2.86. The van der Waals surface area contributed by atoms with E-state index in [4.69, 9.17) is 4.74 Å². The molecule has 5 heteroatoms. The minimum atomic E-state index is -0.244. The van der Waals surface area contributed by atoms with Gasteiger partial charge < -0.3 is 4.74 Å². The van der Waals surface area contributed by atoms with E-state index in [-0.39, 0.29) is 11.8 Å². The summed E-state index contributed by atoms with van der Waals surface area (Å²) in [5, 5.41) is 3.05. The van der Waals surface area contributed by atoms with Crippen molar-refractivity contribution in [2.24, 2.45) is 0 Å². The summed E-state index contributed by atoms with van der Waals surface area (Å²) in [5.41, 5.74) is 4.10. The van der Waals surface area contributed by atoms with Gasteiger partial charge in [-0.15, -0.1) is 0 Å². The summed E-state index contributed by atoms with van der Waals surface area (Å²) in [5.74, 6) is -0.487. The Labute approximate surface area is 140 Å². The van der Waals surface area contributed by atoms with Crippen molar-refractivity contribution in [3.63, 3.8) is 0 Å². The summed E-state index contributed by atoms with van der Waals surface area (Å²) in [6.07, 6.45) is 0. The lowest BCUT2D eigenvalue weighted by molar-refractivity contribution is -0.0524. The molecule has 0 atom stereocenters. The van der Waals surface area contributed by atoms with Crippen LogP contribution in [0.15, 0.2) is 42.5 Å². The van der Waals surface area contributed by atoms with Gasteiger partial charge in [0.25, 0.3) is 11.8 Å². The Kier molecular flexibility index (Phi) is 3.67. The Morgan fingerprint density at radius 1 is 0.875 bits per heavy atom. The van der Waals surface area contributed by atoms with Crippen LogP contribution in [0.1, 0.15) is 26.3 Å². The summed E-state index contributed by atoms with van der Waals surface area (Å²) in [6, 6.07) is 13.6. The van der Waals surface area contributed by atoms with Gasteiger partial charge in [0.05, 0.1) is 24.3 Å². The van der Waals surface area contributed by atoms with E-state index in [0.717, 1.165) is 16.7 Å². The molecule has 2 aliphatic rings. The zero-order chi connectivity index (χ0) is 16.7. The number of amides is 2. The van der Waals surface area contributed by atoms with Gasteiger partial charge in [-0.05, 0) is 30.2 Å². The van der Waals surface area contributed by atoms with Crippen LogP contribution < -0.4 is 0 Å². The van der Waals surface area contributed by atoms with E-state index in [1.165, 1.54) is 5.01 Å². The first-order valence-corrected chi connectivity index (χ1v) is 8.07. The smallest absolute Gasteiger partial charge is 0.276 e. The van der Waals surface area contributed by atoms with Gasteiger partial charge in [-0.3, -0.25) is 9.59 Å². The van der Waals surface area contributed by atoms with E-state index in [1.807, 2.05) is 37.3 Å². The second kappa shape index (κ2) is 5.85. The maximum Gasteiger partial charge on any atom is 0.276 e. The molecule has 2 heterocycles. The van der Waals surface area contributed by atoms with Crippen molar-refractivity contribution in [1.29, 1.82) is 0 Å². The van der Waals surface area contributed by atoms with E-state index < -0.39 is 0 Å². The molecule has 0 bridgehead atoms. The normalized spacial score (nSPS) is 18.1. The SMILES string of the molecule is Cc1cccc(-c2ccc3c(c2)C(=O)N(N2CCOCC2)C3=O)c1. The number of hydrogen-bond donors (Lipinski definition) is 0. The largest absolute Gasteiger partial charge is 0.379 e. The van der Waals surface area contributed by atoms with Crippen molar-refractivity contribution in [1.82, 2.24) is 10.0 Å². The van der Waals surface area contributed by atoms with Crippen molar-refractivity contribution in [2.75, 3.05) is 26.3 Å². The van der Waals surface area contributed by atoms with Crippen molar-refractivity contribution >= 4 is 11.8 Å². The van der Waals surface area contributed by atoms with Crippen molar-refractivity contribution in [3.05, 3.63) is 59.2 Å². The predicted molar refractivity (Wildman–Crippen MR) is 89.5 cm³/mol. The number of benzene rings is 2. The van der Waals surface area contributed by atoms with Gasteiger partial charge in [-0.2, -0.15) is 0 Å². The topological polar surface area (TPSA) is 49.9 Å². The minimum Gasteiger partial charge on any atom is -0.379 e. The number of aryl methyl sites for hydroxylation is 1. The van der Waals surface area contributed by atoms with Crippen LogP contribution in [0.25, 0.3) is 11.1 Å². The first-order valence-electron chi connectivity index (χ1n) is 8.07. The highest BCUT2D eigenvalue weighted by Gasteiger charge is 2.39. The monoisotopic (exact) mass is 322 g/mol. The highest BCUT2D eigenvalue weighted by Crippen LogP contribution is 2.30. The van der Waals surface area contributed by atoms with Crippen LogP contribution in [0.2, 0.25) is 0 Å². The number of ether oxygens (including phenoxy) is 1. The Balaban J connectivity index is 1.71. The van der Waals surface area contributed by atoms with Crippen LogP contribution in [-0.4, -0.2) is 48.1 Å². The molecule has 2 amide bonds. The number of carbonyl (C=O) groups excluding carboxylic acids is 2. The maximum atomic E-state index is 12.8. The van der Waals surface area contributed by atoms with E-state index in [1.54, 1.807) is 11.1 Å². The molecule has 0 unspecified atom stereocenters. The molecule has 2 aliphatic heterocycles. The van der Waals surface area contributed by atoms with Gasteiger partial charge in [0.15, 0.2) is 0 Å². The van der Waals surface area contributed by atoms with Crippen LogP contribution >= 0.6 is 0 Å². The minimum absolute atomic E-state index is 0.243. The molecule has 1 saturated heterocycles. The molecule has 4 rings (SSSR count). The number of fused-ring (bicyclic) bond motifs is 1. The lowest BCUT2D eigenvalue weighted by Crippen LogP contribution is -2.51. The van der Waals surface area contributed by atoms with Crippen LogP contribution in [0.4, 0.5) is 0 Å². The summed E-state index contributed by atoms with van der Waals surface area (Å²) in [7, 11) is 0. The van der Waals surface area contributed by atoms with Crippen LogP contribution in [0, 0.1) is 6.92 Å². The number of rotatable bonds is 2. The Hall–Kier alpha value is -2.50. The van der Waals surface area contributed by atoms with Gasteiger partial charge in [0.2, 0.25) is 0 Å². The van der Waals surface area contributed by atoms with Gasteiger partial charge in [-0.1, -0.05) is 35.9 Å². The number of morpholine rings is 1. The number of nitrogens with zero attached hydrogens (tertiary/aromatic N) is 2. The molecule has 2 aromatic carbocycles. The molecule has 0 saturated carbocycles. The third kappa shape index (κ3) is 2.42. The lowest BCUT2D eigenvalue weighted by Gasteiger charge is -2.32. The Bertz CT molecular complexity index is 825. The molecule has 2 aromatic rings. The second-order valence-corrected chi connectivity index (χ2v) is 6.12. The number of hydrogen-bond acceptors (Lipinski definition) is 4. The van der Waals surface area contributed by atoms with Crippen LogP contribution in [-0.2, 0) is 4.74 Å². The summed E-state index contributed by atoms with van der Waals surface area (Å²) < 4.78 is 5.30. The van der Waals surface area contributed by atoms with E-state index in [9.17, 15) is 9.59 Å². The third-order valence-electron chi connectivity index (χ3n) is 4.49. The standard InChI is InChI=1S/C19H18N2O3/c1-13-3-2-4-14(11-13)15-5-6-16-17(12-15)19(23)21(18(16)22)20-7-9-24-10-8-20/h2-6,11-12H,7-10H2,1H3. The van der Waals surface area contributed by atoms with E-state index in [0.29, 0.717) is 37.4 Å². The zero-order valence-electron chi connectivity index (χ0n) is 13.5. The van der Waals surface area contributed by atoms with Crippen LogP contribution in [0.3, 0.4) is 0 Å². The fourth-order valence-corrected chi connectivity index (χ4v) is 3.24. The summed E-state index contributed by atoms with van der Waals surface area (Å²) >= 11 is 0. The Morgan fingerprint density at radius 3 is 2.33 bits per heavy atom. The highest BCUT2D eigenvalue weighted by atomic mass is 16.5. The van der Waals surface area contributed by atoms with Gasteiger partial charge >= 0.3 is 0 Å². The number of hydrazine groups is 1. The summed E-state index contributed by atoms with van der Waals surface area (Å²) in [4.78, 5) is 25.4. The van der Waals surface area contributed by atoms with Crippen molar-refractivity contribution in [3.8, 4) is 11.1 Å². The van der Waals surface area contributed by atoms with Crippen molar-refractivity contribution < 1.29 is 14.3 Å². The molecule has 0 radical (unpaired) electrons. The van der Waals surface area contributed by atoms with E-state index >= 15 is 0 Å². The molecule has 0 N–H and O–H groups in total. The molecule has 122 valence electrons. The highest BCUT2D eigenvalue weighted by molar-refractivity contribution is 6.21.